The fourth-order valence-corrected chi connectivity index (χ4v) is 2.50. The molecule has 2 nitrogen and oxygen atoms in total. The van der Waals surface area contributed by atoms with E-state index in [4.69, 9.17) is 5.73 Å². The van der Waals surface area contributed by atoms with Gasteiger partial charge in [0, 0.05) is 13.6 Å². The van der Waals surface area contributed by atoms with Crippen molar-refractivity contribution in [2.24, 2.45) is 11.7 Å². The minimum atomic E-state index is 0.612. The van der Waals surface area contributed by atoms with E-state index in [0.717, 1.165) is 19.5 Å². The van der Waals surface area contributed by atoms with Crippen LogP contribution in [0.1, 0.15) is 13.3 Å². The molecule has 0 aliphatic carbocycles. The maximum absolute atomic E-state index is 5.58. The molecule has 0 aliphatic rings. The summed E-state index contributed by atoms with van der Waals surface area (Å²) in [5.41, 5.74) is 5.58. The number of nitrogens with zero attached hydrogens (tertiary/aromatic N) is 1. The van der Waals surface area contributed by atoms with E-state index in [-0.39, 0.29) is 0 Å². The van der Waals surface area contributed by atoms with Gasteiger partial charge in [-0.2, -0.15) is 0 Å². The molecule has 0 saturated heterocycles. The van der Waals surface area contributed by atoms with Crippen molar-refractivity contribution in [2.45, 2.75) is 13.3 Å². The van der Waals surface area contributed by atoms with Crippen molar-refractivity contribution in [3.05, 3.63) is 15.9 Å². The first-order valence-electron chi connectivity index (χ1n) is 4.80. The van der Waals surface area contributed by atoms with Crippen molar-refractivity contribution >= 4 is 32.3 Å². The zero-order valence-electron chi connectivity index (χ0n) is 8.66. The Hall–Kier alpha value is -0.0600. The highest BCUT2D eigenvalue weighted by atomic mass is 79.9. The minimum absolute atomic E-state index is 0.612. The van der Waals surface area contributed by atoms with Crippen LogP contribution in [0, 0.1) is 5.92 Å². The van der Waals surface area contributed by atoms with Gasteiger partial charge in [0.2, 0.25) is 0 Å². The third kappa shape index (κ3) is 3.59. The van der Waals surface area contributed by atoms with Crippen LogP contribution < -0.4 is 10.6 Å². The molecule has 0 fully saturated rings. The zero-order chi connectivity index (χ0) is 10.6. The van der Waals surface area contributed by atoms with E-state index in [1.54, 1.807) is 11.3 Å². The Bertz CT molecular complexity index is 275. The van der Waals surface area contributed by atoms with E-state index in [1.165, 1.54) is 8.79 Å². The fraction of sp³-hybridized carbons (Fsp3) is 0.600. The fourth-order valence-electron chi connectivity index (χ4n) is 1.15. The molecule has 0 aromatic carbocycles. The smallest absolute Gasteiger partial charge is 0.0917 e. The van der Waals surface area contributed by atoms with Crippen molar-refractivity contribution in [1.29, 1.82) is 0 Å². The van der Waals surface area contributed by atoms with Gasteiger partial charge in [-0.05, 0) is 46.9 Å². The standard InChI is InChI=1S/C10H17BrN2S/c1-8(7-12)5-6-13(2)10-4-3-9(11)14-10/h3-4,8H,5-7,12H2,1-2H3. The third-order valence-electron chi connectivity index (χ3n) is 2.29. The van der Waals surface area contributed by atoms with Gasteiger partial charge in [-0.25, -0.2) is 0 Å². The van der Waals surface area contributed by atoms with E-state index in [9.17, 15) is 0 Å². The summed E-state index contributed by atoms with van der Waals surface area (Å²) in [6.45, 7) is 4.05. The summed E-state index contributed by atoms with van der Waals surface area (Å²) in [6.07, 6.45) is 1.16. The summed E-state index contributed by atoms with van der Waals surface area (Å²) < 4.78 is 1.19. The predicted molar refractivity (Wildman–Crippen MR) is 68.1 cm³/mol. The molecule has 0 aliphatic heterocycles. The molecule has 1 atom stereocenters. The van der Waals surface area contributed by atoms with Gasteiger partial charge in [0.05, 0.1) is 8.79 Å². The lowest BCUT2D eigenvalue weighted by Gasteiger charge is -2.18. The first-order valence-corrected chi connectivity index (χ1v) is 6.41. The highest BCUT2D eigenvalue weighted by Crippen LogP contribution is 2.29. The second-order valence-corrected chi connectivity index (χ2v) is 6.07. The molecular weight excluding hydrogens is 260 g/mol. The van der Waals surface area contributed by atoms with E-state index in [0.29, 0.717) is 5.92 Å². The second kappa shape index (κ2) is 5.73. The van der Waals surface area contributed by atoms with Crippen molar-refractivity contribution in [1.82, 2.24) is 0 Å². The van der Waals surface area contributed by atoms with E-state index >= 15 is 0 Å². The number of nitrogens with two attached hydrogens (primary N) is 1. The molecule has 1 aromatic rings. The Balaban J connectivity index is 2.39. The third-order valence-corrected chi connectivity index (χ3v) is 4.03. The van der Waals surface area contributed by atoms with Crippen LogP contribution in [0.3, 0.4) is 0 Å². The lowest BCUT2D eigenvalue weighted by molar-refractivity contribution is 0.546. The number of hydrogen-bond acceptors (Lipinski definition) is 3. The van der Waals surface area contributed by atoms with Crippen LogP contribution in [0.15, 0.2) is 15.9 Å². The average Bonchev–Trinajstić information content (AvgIpc) is 2.60. The Kier molecular flexibility index (Phi) is 4.92. The molecule has 2 N–H and O–H groups in total. The normalized spacial score (nSPS) is 12.9. The van der Waals surface area contributed by atoms with Crippen LogP contribution in [0.25, 0.3) is 0 Å². The number of halogens is 1. The number of hydrogen-bond donors (Lipinski definition) is 1. The quantitative estimate of drug-likeness (QED) is 0.896. The summed E-state index contributed by atoms with van der Waals surface area (Å²) in [7, 11) is 2.13. The van der Waals surface area contributed by atoms with Gasteiger partial charge in [0.25, 0.3) is 0 Å². The highest BCUT2D eigenvalue weighted by Gasteiger charge is 2.05. The van der Waals surface area contributed by atoms with E-state index in [2.05, 4.69) is 46.9 Å². The molecule has 1 aromatic heterocycles. The van der Waals surface area contributed by atoms with Gasteiger partial charge in [0.15, 0.2) is 0 Å². The molecule has 0 amide bonds. The molecule has 0 radical (unpaired) electrons. The zero-order valence-corrected chi connectivity index (χ0v) is 11.1. The van der Waals surface area contributed by atoms with Gasteiger partial charge in [-0.3, -0.25) is 0 Å². The molecule has 1 rings (SSSR count). The number of thiophene rings is 1. The van der Waals surface area contributed by atoms with Crippen LogP contribution in [-0.2, 0) is 0 Å². The monoisotopic (exact) mass is 276 g/mol. The molecule has 1 unspecified atom stereocenters. The van der Waals surface area contributed by atoms with E-state index in [1.807, 2.05) is 0 Å². The van der Waals surface area contributed by atoms with Crippen LogP contribution in [-0.4, -0.2) is 20.1 Å². The second-order valence-electron chi connectivity index (χ2n) is 3.63. The Labute approximate surface area is 98.2 Å². The van der Waals surface area contributed by atoms with Crippen molar-refractivity contribution in [2.75, 3.05) is 25.0 Å². The first kappa shape index (κ1) is 12.0. The Morgan fingerprint density at radius 3 is 2.79 bits per heavy atom. The molecule has 4 heteroatoms. The SMILES string of the molecule is CC(CN)CCN(C)c1ccc(Br)s1. The van der Waals surface area contributed by atoms with Gasteiger partial charge in [-0.15, -0.1) is 11.3 Å². The van der Waals surface area contributed by atoms with Crippen LogP contribution in [0.4, 0.5) is 5.00 Å². The summed E-state index contributed by atoms with van der Waals surface area (Å²) in [4.78, 5) is 2.28. The van der Waals surface area contributed by atoms with Gasteiger partial charge in [0.1, 0.15) is 0 Å². The largest absolute Gasteiger partial charge is 0.366 e. The van der Waals surface area contributed by atoms with E-state index < -0.39 is 0 Å². The predicted octanol–water partition coefficient (Wildman–Crippen LogP) is 2.93. The molecule has 0 spiro atoms. The van der Waals surface area contributed by atoms with Crippen LogP contribution in [0.5, 0.6) is 0 Å². The van der Waals surface area contributed by atoms with Gasteiger partial charge in [-0.1, -0.05) is 6.92 Å². The van der Waals surface area contributed by atoms with Gasteiger partial charge < -0.3 is 10.6 Å². The summed E-state index contributed by atoms with van der Waals surface area (Å²) >= 11 is 5.23. The molecule has 14 heavy (non-hydrogen) atoms. The summed E-state index contributed by atoms with van der Waals surface area (Å²) in [5, 5.41) is 1.31. The summed E-state index contributed by atoms with van der Waals surface area (Å²) in [5.74, 6) is 0.612. The Morgan fingerprint density at radius 1 is 1.57 bits per heavy atom. The molecule has 0 saturated carbocycles. The molecule has 0 bridgehead atoms. The van der Waals surface area contributed by atoms with Crippen LogP contribution in [0.2, 0.25) is 0 Å². The topological polar surface area (TPSA) is 29.3 Å². The van der Waals surface area contributed by atoms with Crippen LogP contribution >= 0.6 is 27.3 Å². The minimum Gasteiger partial charge on any atom is -0.366 e. The number of rotatable bonds is 5. The molecule has 80 valence electrons. The molecular formula is C10H17BrN2S. The number of anilines is 1. The highest BCUT2D eigenvalue weighted by molar-refractivity contribution is 9.11. The molecule has 1 heterocycles. The average molecular weight is 277 g/mol. The van der Waals surface area contributed by atoms with Crippen molar-refractivity contribution in [3.8, 4) is 0 Å². The lowest BCUT2D eigenvalue weighted by Crippen LogP contribution is -2.22. The first-order chi connectivity index (χ1) is 6.63. The van der Waals surface area contributed by atoms with Crippen molar-refractivity contribution in [3.63, 3.8) is 0 Å². The Morgan fingerprint density at radius 2 is 2.29 bits per heavy atom. The maximum atomic E-state index is 5.58. The lowest BCUT2D eigenvalue weighted by atomic mass is 10.1. The summed E-state index contributed by atoms with van der Waals surface area (Å²) in [6, 6.07) is 4.23. The maximum Gasteiger partial charge on any atom is 0.0917 e. The van der Waals surface area contributed by atoms with Gasteiger partial charge >= 0.3 is 0 Å². The van der Waals surface area contributed by atoms with Crippen molar-refractivity contribution < 1.29 is 0 Å².